The number of rotatable bonds is 9. The monoisotopic (exact) mass is 452 g/mol. The topological polar surface area (TPSA) is 116 Å². The van der Waals surface area contributed by atoms with Gasteiger partial charge in [-0.1, -0.05) is 17.3 Å². The lowest BCUT2D eigenvalue weighted by Crippen LogP contribution is -2.47. The lowest BCUT2D eigenvalue weighted by atomic mass is 10.1. The van der Waals surface area contributed by atoms with E-state index in [2.05, 4.69) is 21.0 Å². The Morgan fingerprint density at radius 1 is 1.09 bits per heavy atom. The summed E-state index contributed by atoms with van der Waals surface area (Å²) in [7, 11) is 1.60. The van der Waals surface area contributed by atoms with Crippen LogP contribution in [0.3, 0.4) is 0 Å². The van der Waals surface area contributed by atoms with Crippen LogP contribution in [0.25, 0.3) is 11.4 Å². The van der Waals surface area contributed by atoms with Gasteiger partial charge in [0, 0.05) is 18.4 Å². The van der Waals surface area contributed by atoms with Crippen LogP contribution in [0.5, 0.6) is 11.5 Å². The Morgan fingerprint density at radius 3 is 2.58 bits per heavy atom. The van der Waals surface area contributed by atoms with Gasteiger partial charge in [0.05, 0.1) is 7.11 Å². The van der Waals surface area contributed by atoms with Crippen LogP contribution in [0, 0.1) is 13.8 Å². The molecule has 1 atom stereocenters. The summed E-state index contributed by atoms with van der Waals surface area (Å²) in [5.74, 6) is 1.53. The first-order chi connectivity index (χ1) is 15.9. The summed E-state index contributed by atoms with van der Waals surface area (Å²) in [6, 6.07) is 13.0. The van der Waals surface area contributed by atoms with Crippen LogP contribution in [-0.4, -0.2) is 35.2 Å². The van der Waals surface area contributed by atoms with E-state index < -0.39 is 12.0 Å². The number of methoxy groups -OCH3 is 1. The Labute approximate surface area is 192 Å². The molecule has 0 radical (unpaired) electrons. The Balaban J connectivity index is 1.39. The lowest BCUT2D eigenvalue weighted by Gasteiger charge is -2.17. The van der Waals surface area contributed by atoms with Gasteiger partial charge in [-0.2, -0.15) is 4.98 Å². The summed E-state index contributed by atoms with van der Waals surface area (Å²) in [5.41, 5.74) is 7.65. The lowest BCUT2D eigenvalue weighted by molar-refractivity contribution is -0.132. The molecule has 33 heavy (non-hydrogen) atoms. The molecule has 0 aliphatic carbocycles. The number of ether oxygens (including phenoxy) is 2. The van der Waals surface area contributed by atoms with Gasteiger partial charge >= 0.3 is 0 Å². The van der Waals surface area contributed by atoms with Crippen molar-refractivity contribution < 1.29 is 23.6 Å². The summed E-state index contributed by atoms with van der Waals surface area (Å²) in [5, 5.41) is 3.97. The zero-order valence-corrected chi connectivity index (χ0v) is 19.2. The molecule has 1 heterocycles. The Hall–Kier alpha value is -3.88. The van der Waals surface area contributed by atoms with Crippen LogP contribution in [0.15, 0.2) is 47.0 Å². The van der Waals surface area contributed by atoms with Crippen LogP contribution in [0.2, 0.25) is 0 Å². The summed E-state index contributed by atoms with van der Waals surface area (Å²) >= 11 is 0. The number of hydrogen-bond acceptors (Lipinski definition) is 7. The number of carbonyl (C=O) groups excluding carboxylic acids is 2. The van der Waals surface area contributed by atoms with Crippen molar-refractivity contribution in [2.24, 2.45) is 0 Å². The highest BCUT2D eigenvalue weighted by atomic mass is 16.5. The van der Waals surface area contributed by atoms with E-state index >= 15 is 0 Å². The molecule has 174 valence electrons. The molecule has 0 bridgehead atoms. The molecule has 9 nitrogen and oxygen atoms in total. The summed E-state index contributed by atoms with van der Waals surface area (Å²) < 4.78 is 16.1. The van der Waals surface area contributed by atoms with Gasteiger partial charge in [0.1, 0.15) is 11.5 Å². The van der Waals surface area contributed by atoms with Crippen LogP contribution >= 0.6 is 0 Å². The first-order valence-electron chi connectivity index (χ1n) is 10.7. The van der Waals surface area contributed by atoms with E-state index in [1.54, 1.807) is 14.0 Å². The van der Waals surface area contributed by atoms with Gasteiger partial charge in [-0.3, -0.25) is 20.4 Å². The van der Waals surface area contributed by atoms with Crippen molar-refractivity contribution in [1.29, 1.82) is 0 Å². The quantitative estimate of drug-likeness (QED) is 0.479. The molecule has 3 aromatic rings. The molecule has 0 spiro atoms. The van der Waals surface area contributed by atoms with E-state index in [-0.39, 0.29) is 12.3 Å². The second-order valence-corrected chi connectivity index (χ2v) is 7.59. The van der Waals surface area contributed by atoms with Crippen molar-refractivity contribution >= 4 is 11.8 Å². The largest absolute Gasteiger partial charge is 0.497 e. The highest BCUT2D eigenvalue weighted by Crippen LogP contribution is 2.22. The standard InChI is InChI=1S/C24H28N4O5/c1-15-7-5-8-20(16(15)2)32-17(3)24(30)27-26-21(29)9-6-10-22-25-23(28-33-22)18-11-13-19(31-4)14-12-18/h5,7-8,11-14,17H,6,9-10H2,1-4H3,(H,26,29)(H,27,30). The number of benzene rings is 2. The molecule has 0 fully saturated rings. The average Bonchev–Trinajstić information content (AvgIpc) is 3.29. The summed E-state index contributed by atoms with van der Waals surface area (Å²) in [6.07, 6.45) is 0.352. The predicted octanol–water partition coefficient (Wildman–Crippen LogP) is 3.30. The van der Waals surface area contributed by atoms with Crippen LogP contribution in [0.1, 0.15) is 36.8 Å². The molecule has 0 aliphatic rings. The van der Waals surface area contributed by atoms with Gasteiger partial charge in [0.25, 0.3) is 5.91 Å². The highest BCUT2D eigenvalue weighted by Gasteiger charge is 2.17. The van der Waals surface area contributed by atoms with E-state index in [0.29, 0.717) is 30.3 Å². The Bertz CT molecular complexity index is 1090. The fourth-order valence-electron chi connectivity index (χ4n) is 3.01. The summed E-state index contributed by atoms with van der Waals surface area (Å²) in [4.78, 5) is 28.6. The van der Waals surface area contributed by atoms with Crippen LogP contribution in [0.4, 0.5) is 0 Å². The maximum Gasteiger partial charge on any atom is 0.279 e. The molecule has 1 unspecified atom stereocenters. The first-order valence-corrected chi connectivity index (χ1v) is 10.7. The molecule has 9 heteroatoms. The highest BCUT2D eigenvalue weighted by molar-refractivity contribution is 5.84. The number of carbonyl (C=O) groups is 2. The molecule has 3 rings (SSSR count). The average molecular weight is 453 g/mol. The molecule has 2 amide bonds. The molecule has 0 saturated carbocycles. The van der Waals surface area contributed by atoms with Gasteiger partial charge in [-0.25, -0.2) is 0 Å². The number of aryl methyl sites for hydroxylation is 2. The molecule has 2 N–H and O–H groups in total. The fraction of sp³-hybridized carbons (Fsp3) is 0.333. The predicted molar refractivity (Wildman–Crippen MR) is 122 cm³/mol. The number of nitrogens with zero attached hydrogens (tertiary/aromatic N) is 2. The third-order valence-corrected chi connectivity index (χ3v) is 5.16. The number of nitrogens with one attached hydrogen (secondary N) is 2. The maximum absolute atomic E-state index is 12.2. The number of hydrogen-bond donors (Lipinski definition) is 2. The van der Waals surface area contributed by atoms with E-state index in [4.69, 9.17) is 14.0 Å². The minimum atomic E-state index is -0.763. The molecule has 0 saturated heterocycles. The number of hydrazine groups is 1. The molecular weight excluding hydrogens is 424 g/mol. The van der Waals surface area contributed by atoms with Gasteiger partial charge in [-0.05, 0) is 68.7 Å². The zero-order chi connectivity index (χ0) is 23.8. The second-order valence-electron chi connectivity index (χ2n) is 7.59. The number of amides is 2. The SMILES string of the molecule is COc1ccc(-c2noc(CCCC(=O)NNC(=O)C(C)Oc3cccc(C)c3C)n2)cc1. The summed E-state index contributed by atoms with van der Waals surface area (Å²) in [6.45, 7) is 5.53. The molecule has 2 aromatic carbocycles. The fourth-order valence-corrected chi connectivity index (χ4v) is 3.01. The smallest absolute Gasteiger partial charge is 0.279 e. The van der Waals surface area contributed by atoms with E-state index in [1.165, 1.54) is 0 Å². The number of aromatic nitrogens is 2. The van der Waals surface area contributed by atoms with E-state index in [9.17, 15) is 9.59 Å². The van der Waals surface area contributed by atoms with Crippen molar-refractivity contribution in [1.82, 2.24) is 21.0 Å². The van der Waals surface area contributed by atoms with E-state index in [1.807, 2.05) is 56.3 Å². The zero-order valence-electron chi connectivity index (χ0n) is 19.2. The third kappa shape index (κ3) is 6.55. The van der Waals surface area contributed by atoms with Crippen molar-refractivity contribution in [3.05, 3.63) is 59.5 Å². The minimum Gasteiger partial charge on any atom is -0.497 e. The second kappa shape index (κ2) is 11.1. The van der Waals surface area contributed by atoms with Crippen LogP contribution < -0.4 is 20.3 Å². The van der Waals surface area contributed by atoms with Crippen LogP contribution in [-0.2, 0) is 16.0 Å². The Morgan fingerprint density at radius 2 is 1.85 bits per heavy atom. The third-order valence-electron chi connectivity index (χ3n) is 5.16. The van der Waals surface area contributed by atoms with E-state index in [0.717, 1.165) is 22.4 Å². The van der Waals surface area contributed by atoms with Crippen molar-refractivity contribution in [3.63, 3.8) is 0 Å². The van der Waals surface area contributed by atoms with Crippen molar-refractivity contribution in [3.8, 4) is 22.9 Å². The molecule has 1 aromatic heterocycles. The van der Waals surface area contributed by atoms with Gasteiger partial charge < -0.3 is 14.0 Å². The van der Waals surface area contributed by atoms with Crippen molar-refractivity contribution in [2.45, 2.75) is 46.1 Å². The minimum absolute atomic E-state index is 0.187. The van der Waals surface area contributed by atoms with Crippen molar-refractivity contribution in [2.75, 3.05) is 7.11 Å². The normalized spacial score (nSPS) is 11.5. The first kappa shape index (κ1) is 23.8. The Kier molecular flexibility index (Phi) is 8.01. The maximum atomic E-state index is 12.2. The van der Waals surface area contributed by atoms with Gasteiger partial charge in [0.2, 0.25) is 17.6 Å². The van der Waals surface area contributed by atoms with Gasteiger partial charge in [-0.15, -0.1) is 0 Å². The van der Waals surface area contributed by atoms with Gasteiger partial charge in [0.15, 0.2) is 6.10 Å². The molecule has 0 aliphatic heterocycles. The molecular formula is C24H28N4O5.